The van der Waals surface area contributed by atoms with Crippen molar-refractivity contribution >= 4 is 43.6 Å². The number of aromatic nitrogens is 6. The van der Waals surface area contributed by atoms with Crippen molar-refractivity contribution in [3.63, 3.8) is 0 Å². The predicted octanol–water partition coefficient (Wildman–Crippen LogP) is 8.20. The molecule has 0 aliphatic carbocycles. The van der Waals surface area contributed by atoms with E-state index in [0.717, 1.165) is 88.9 Å². The van der Waals surface area contributed by atoms with E-state index < -0.39 is 0 Å². The average molecular weight is 619 g/mol. The van der Waals surface area contributed by atoms with Gasteiger partial charge in [0.2, 0.25) is 22.1 Å². The lowest BCUT2D eigenvalue weighted by Crippen LogP contribution is -2.30. The molecule has 0 fully saturated rings. The van der Waals surface area contributed by atoms with Crippen LogP contribution in [0.3, 0.4) is 0 Å². The molecule has 0 bridgehead atoms. The van der Waals surface area contributed by atoms with Crippen LogP contribution in [0.5, 0.6) is 0 Å². The number of aryl methyl sites for hydroxylation is 2. The fourth-order valence-electron chi connectivity index (χ4n) is 7.08. The van der Waals surface area contributed by atoms with Crippen molar-refractivity contribution < 1.29 is 9.13 Å². The fraction of sp³-hybridized carbons (Fsp3) is 0.0476. The molecule has 48 heavy (non-hydrogen) atoms. The summed E-state index contributed by atoms with van der Waals surface area (Å²) >= 11 is 0. The Morgan fingerprint density at radius 3 is 1.06 bits per heavy atom. The van der Waals surface area contributed by atoms with E-state index in [2.05, 4.69) is 155 Å². The highest BCUT2D eigenvalue weighted by Gasteiger charge is 2.21. The van der Waals surface area contributed by atoms with Gasteiger partial charge in [0.05, 0.1) is 55.7 Å². The quantitative estimate of drug-likeness (QED) is 0.147. The largest absolute Gasteiger partial charge is 0.246 e. The minimum absolute atomic E-state index is 0.742. The van der Waals surface area contributed by atoms with Crippen LogP contribution < -0.4 is 9.13 Å². The molecular weight excluding hydrogens is 589 g/mol. The summed E-state index contributed by atoms with van der Waals surface area (Å²) in [5, 5.41) is 4.62. The molecule has 0 aliphatic rings. The van der Waals surface area contributed by atoms with Gasteiger partial charge >= 0.3 is 0 Å². The van der Waals surface area contributed by atoms with Gasteiger partial charge in [-0.1, -0.05) is 60.7 Å². The van der Waals surface area contributed by atoms with Crippen LogP contribution in [-0.4, -0.2) is 19.9 Å². The van der Waals surface area contributed by atoms with Crippen molar-refractivity contribution in [3.05, 3.63) is 146 Å². The van der Waals surface area contributed by atoms with Gasteiger partial charge in [-0.2, -0.15) is 9.13 Å². The second-order valence-corrected chi connectivity index (χ2v) is 12.0. The average Bonchev–Trinajstić information content (AvgIpc) is 3.15. The molecule has 5 aromatic heterocycles. The van der Waals surface area contributed by atoms with Crippen LogP contribution in [0.2, 0.25) is 0 Å². The summed E-state index contributed by atoms with van der Waals surface area (Å²) < 4.78 is 4.49. The Balaban J connectivity index is 1.17. The number of nitrogens with zero attached hydrogens (tertiary/aromatic N) is 6. The second-order valence-electron chi connectivity index (χ2n) is 12.0. The third kappa shape index (κ3) is 4.42. The first-order chi connectivity index (χ1) is 23.7. The lowest BCUT2D eigenvalue weighted by Gasteiger charge is -2.12. The molecule has 0 saturated heterocycles. The number of rotatable bonds is 4. The summed E-state index contributed by atoms with van der Waals surface area (Å²) in [5.41, 5.74) is 11.7. The van der Waals surface area contributed by atoms with Crippen molar-refractivity contribution in [2.75, 3.05) is 0 Å². The van der Waals surface area contributed by atoms with Crippen molar-refractivity contribution in [3.8, 4) is 45.3 Å². The highest BCUT2D eigenvalue weighted by atomic mass is 14.9. The minimum Gasteiger partial charge on any atom is -0.246 e. The second kappa shape index (κ2) is 11.1. The van der Waals surface area contributed by atoms with Crippen LogP contribution in [0.4, 0.5) is 0 Å². The Hall–Kier alpha value is -6.40. The molecule has 0 radical (unpaired) electrons. The zero-order chi connectivity index (χ0) is 32.2. The van der Waals surface area contributed by atoms with Crippen molar-refractivity contribution in [2.45, 2.75) is 0 Å². The summed E-state index contributed by atoms with van der Waals surface area (Å²) in [7, 11) is 4.24. The molecule has 0 atom stereocenters. The predicted molar refractivity (Wildman–Crippen MR) is 192 cm³/mol. The first-order valence-electron chi connectivity index (χ1n) is 16.0. The van der Waals surface area contributed by atoms with Gasteiger partial charge in [0, 0.05) is 35.4 Å². The molecular formula is C42H30N6+2. The maximum absolute atomic E-state index is 5.20. The van der Waals surface area contributed by atoms with E-state index in [0.29, 0.717) is 0 Å². The SMILES string of the molecule is C[n+]1c2ccccc2c(-c2cccc(-c3cc(-c4cccc(-c5c6ccccc6[n+](C)c6ccccc56)n4)ncn3)n2)c2ccccc21. The monoisotopic (exact) mass is 618 g/mol. The van der Waals surface area contributed by atoms with Crippen LogP contribution in [0.25, 0.3) is 88.9 Å². The molecule has 0 amide bonds. The van der Waals surface area contributed by atoms with Crippen LogP contribution >= 0.6 is 0 Å². The fourth-order valence-corrected chi connectivity index (χ4v) is 7.08. The number of pyridine rings is 4. The van der Waals surface area contributed by atoms with Gasteiger partial charge in [-0.3, -0.25) is 0 Å². The summed E-state index contributed by atoms with van der Waals surface area (Å²) in [6.45, 7) is 0. The Morgan fingerprint density at radius 1 is 0.354 bits per heavy atom. The smallest absolute Gasteiger partial charge is 0.213 e. The maximum atomic E-state index is 5.20. The molecule has 9 rings (SSSR count). The van der Waals surface area contributed by atoms with E-state index >= 15 is 0 Å². The van der Waals surface area contributed by atoms with E-state index in [-0.39, 0.29) is 0 Å². The molecule has 6 nitrogen and oxygen atoms in total. The zero-order valence-electron chi connectivity index (χ0n) is 26.5. The molecule has 0 spiro atoms. The van der Waals surface area contributed by atoms with E-state index in [1.54, 1.807) is 6.33 Å². The lowest BCUT2D eigenvalue weighted by molar-refractivity contribution is -0.617. The van der Waals surface area contributed by atoms with E-state index in [1.807, 2.05) is 18.2 Å². The first kappa shape index (κ1) is 27.9. The first-order valence-corrected chi connectivity index (χ1v) is 16.0. The third-order valence-corrected chi connectivity index (χ3v) is 9.34. The van der Waals surface area contributed by atoms with Crippen LogP contribution in [0.1, 0.15) is 0 Å². The van der Waals surface area contributed by atoms with Gasteiger partial charge in [-0.05, 0) is 54.6 Å². The number of fused-ring (bicyclic) bond motifs is 4. The Kier molecular flexibility index (Phi) is 6.47. The van der Waals surface area contributed by atoms with Gasteiger partial charge in [-0.25, -0.2) is 19.9 Å². The van der Waals surface area contributed by atoms with Crippen molar-refractivity contribution in [1.82, 2.24) is 19.9 Å². The molecule has 4 aromatic carbocycles. The van der Waals surface area contributed by atoms with Gasteiger partial charge in [0.15, 0.2) is 0 Å². The van der Waals surface area contributed by atoms with E-state index in [4.69, 9.17) is 9.97 Å². The molecule has 9 aromatic rings. The number of hydrogen-bond donors (Lipinski definition) is 0. The van der Waals surface area contributed by atoms with Gasteiger partial charge in [0.25, 0.3) is 0 Å². The lowest BCUT2D eigenvalue weighted by atomic mass is 9.98. The highest BCUT2D eigenvalue weighted by molar-refractivity contribution is 6.07. The standard InChI is InChI=1S/C42H30N6/c1-47-37-21-7-3-13-27(37)41(28-14-4-8-22-38(28)47)33-19-11-17-31(45-33)35-25-36(44-26-43-35)32-18-12-20-34(46-32)42-29-15-5-9-23-39(29)48(2)40-24-10-6-16-30(40)42/h3-26H,1-2H3/q+2. The van der Waals surface area contributed by atoms with E-state index in [9.17, 15) is 0 Å². The highest BCUT2D eigenvalue weighted by Crippen LogP contribution is 2.36. The van der Waals surface area contributed by atoms with E-state index in [1.165, 1.54) is 0 Å². The minimum atomic E-state index is 0.742. The van der Waals surface area contributed by atoms with Gasteiger partial charge in [-0.15, -0.1) is 0 Å². The van der Waals surface area contributed by atoms with Crippen LogP contribution in [0.15, 0.2) is 146 Å². The normalized spacial score (nSPS) is 11.5. The summed E-state index contributed by atoms with van der Waals surface area (Å²) in [4.78, 5) is 19.7. The Bertz CT molecular complexity index is 2420. The topological polar surface area (TPSA) is 59.3 Å². The number of hydrogen-bond acceptors (Lipinski definition) is 4. The van der Waals surface area contributed by atoms with Crippen LogP contribution in [0, 0.1) is 0 Å². The van der Waals surface area contributed by atoms with Crippen molar-refractivity contribution in [2.24, 2.45) is 14.1 Å². The Labute approximate surface area is 277 Å². The van der Waals surface area contributed by atoms with Crippen LogP contribution in [-0.2, 0) is 14.1 Å². The maximum Gasteiger partial charge on any atom is 0.213 e. The molecule has 0 saturated carbocycles. The molecule has 6 heteroatoms. The molecule has 0 aliphatic heterocycles. The Morgan fingerprint density at radius 2 is 0.688 bits per heavy atom. The molecule has 0 N–H and O–H groups in total. The molecule has 226 valence electrons. The third-order valence-electron chi connectivity index (χ3n) is 9.34. The van der Waals surface area contributed by atoms with Crippen molar-refractivity contribution in [1.29, 1.82) is 0 Å². The van der Waals surface area contributed by atoms with Gasteiger partial charge in [0.1, 0.15) is 20.4 Å². The molecule has 0 unspecified atom stereocenters. The zero-order valence-corrected chi connectivity index (χ0v) is 26.5. The summed E-state index contributed by atoms with van der Waals surface area (Å²) in [5.74, 6) is 0. The molecule has 5 heterocycles. The summed E-state index contributed by atoms with van der Waals surface area (Å²) in [6.07, 6.45) is 1.61. The number of para-hydroxylation sites is 4. The van der Waals surface area contributed by atoms with Gasteiger partial charge < -0.3 is 0 Å². The number of benzene rings is 4. The summed E-state index contributed by atoms with van der Waals surface area (Å²) in [6, 6.07) is 48.3.